The number of nitrogens with one attached hydrogen (secondary N) is 2. The molecular formula is C18H22F2N2O6. The van der Waals surface area contributed by atoms with E-state index in [4.69, 9.17) is 9.47 Å². The van der Waals surface area contributed by atoms with Crippen molar-refractivity contribution in [3.05, 3.63) is 23.8 Å². The van der Waals surface area contributed by atoms with Crippen molar-refractivity contribution >= 4 is 17.8 Å². The van der Waals surface area contributed by atoms with Gasteiger partial charge in [-0.25, -0.2) is 0 Å². The Bertz CT molecular complexity index is 707. The Balaban J connectivity index is 1.77. The minimum atomic E-state index is -3.03. The van der Waals surface area contributed by atoms with Crippen molar-refractivity contribution in [2.75, 3.05) is 20.3 Å². The van der Waals surface area contributed by atoms with Crippen LogP contribution in [0.3, 0.4) is 0 Å². The highest BCUT2D eigenvalue weighted by Gasteiger charge is 2.18. The third kappa shape index (κ3) is 6.67. The molecule has 0 spiro atoms. The molecule has 2 N–H and O–H groups in total. The van der Waals surface area contributed by atoms with E-state index >= 15 is 0 Å². The average Bonchev–Trinajstić information content (AvgIpc) is 3.17. The van der Waals surface area contributed by atoms with E-state index in [2.05, 4.69) is 15.4 Å². The number of alkyl halides is 2. The Kier molecular flexibility index (Phi) is 7.97. The molecule has 2 amide bonds. The highest BCUT2D eigenvalue weighted by molar-refractivity contribution is 5.96. The van der Waals surface area contributed by atoms with Gasteiger partial charge in [-0.2, -0.15) is 8.78 Å². The Morgan fingerprint density at radius 2 is 1.89 bits per heavy atom. The molecule has 1 aliphatic rings. The van der Waals surface area contributed by atoms with Gasteiger partial charge in [0.2, 0.25) is 0 Å². The second-order valence-corrected chi connectivity index (χ2v) is 6.14. The van der Waals surface area contributed by atoms with Crippen LogP contribution >= 0.6 is 0 Å². The molecule has 0 aliphatic heterocycles. The second-order valence-electron chi connectivity index (χ2n) is 6.14. The van der Waals surface area contributed by atoms with E-state index < -0.39 is 31.6 Å². The number of hydrogen-bond donors (Lipinski definition) is 2. The maximum Gasteiger partial charge on any atom is 0.387 e. The molecule has 1 aromatic rings. The minimum absolute atomic E-state index is 0.0564. The zero-order valence-electron chi connectivity index (χ0n) is 15.3. The third-order valence-corrected chi connectivity index (χ3v) is 4.12. The van der Waals surface area contributed by atoms with Crippen LogP contribution in [0, 0.1) is 0 Å². The standard InChI is InChI=1S/C18H22F2N2O6/c1-26-14-8-11(6-7-13(14)28-18(19)20)17(25)21-9-16(24)27-10-15(23)22-12-4-2-3-5-12/h6-8,12,18H,2-5,9-10H2,1H3,(H,21,25)(H,22,23). The lowest BCUT2D eigenvalue weighted by molar-refractivity contribution is -0.147. The van der Waals surface area contributed by atoms with Crippen molar-refractivity contribution in [1.82, 2.24) is 10.6 Å². The van der Waals surface area contributed by atoms with E-state index in [0.717, 1.165) is 31.7 Å². The quantitative estimate of drug-likeness (QED) is 0.611. The van der Waals surface area contributed by atoms with Crippen LogP contribution in [0.15, 0.2) is 18.2 Å². The van der Waals surface area contributed by atoms with Gasteiger partial charge >= 0.3 is 12.6 Å². The Morgan fingerprint density at radius 3 is 2.54 bits per heavy atom. The number of carbonyl (C=O) groups is 3. The van der Waals surface area contributed by atoms with Crippen LogP contribution in [0.25, 0.3) is 0 Å². The summed E-state index contributed by atoms with van der Waals surface area (Å²) in [5, 5.41) is 5.09. The summed E-state index contributed by atoms with van der Waals surface area (Å²) >= 11 is 0. The molecule has 1 fully saturated rings. The Morgan fingerprint density at radius 1 is 1.18 bits per heavy atom. The van der Waals surface area contributed by atoms with Crippen molar-refractivity contribution in [2.45, 2.75) is 38.3 Å². The van der Waals surface area contributed by atoms with Crippen LogP contribution in [-0.2, 0) is 14.3 Å². The van der Waals surface area contributed by atoms with Crippen LogP contribution in [0.4, 0.5) is 8.78 Å². The summed E-state index contributed by atoms with van der Waals surface area (Å²) in [5.41, 5.74) is 0.0743. The van der Waals surface area contributed by atoms with E-state index in [-0.39, 0.29) is 29.0 Å². The summed E-state index contributed by atoms with van der Waals surface area (Å²) in [6, 6.07) is 3.73. The van der Waals surface area contributed by atoms with E-state index in [1.165, 1.54) is 19.2 Å². The Hall–Kier alpha value is -2.91. The van der Waals surface area contributed by atoms with Gasteiger partial charge in [-0.3, -0.25) is 14.4 Å². The first kappa shape index (κ1) is 21.4. The predicted octanol–water partition coefficient (Wildman–Crippen LogP) is 1.63. The molecule has 0 heterocycles. The van der Waals surface area contributed by atoms with Crippen molar-refractivity contribution in [2.24, 2.45) is 0 Å². The number of carbonyl (C=O) groups excluding carboxylic acids is 3. The smallest absolute Gasteiger partial charge is 0.387 e. The van der Waals surface area contributed by atoms with Gasteiger partial charge < -0.3 is 24.8 Å². The molecule has 8 nitrogen and oxygen atoms in total. The summed E-state index contributed by atoms with van der Waals surface area (Å²) in [4.78, 5) is 35.4. The molecule has 1 saturated carbocycles. The molecule has 1 aliphatic carbocycles. The molecule has 0 bridgehead atoms. The van der Waals surface area contributed by atoms with E-state index in [0.29, 0.717) is 0 Å². The SMILES string of the molecule is COc1cc(C(=O)NCC(=O)OCC(=O)NC2CCCC2)ccc1OC(F)F. The molecule has 10 heteroatoms. The lowest BCUT2D eigenvalue weighted by Gasteiger charge is -2.12. The van der Waals surface area contributed by atoms with Crippen molar-refractivity contribution in [3.63, 3.8) is 0 Å². The molecule has 0 radical (unpaired) electrons. The highest BCUT2D eigenvalue weighted by Crippen LogP contribution is 2.29. The first-order valence-corrected chi connectivity index (χ1v) is 8.75. The lowest BCUT2D eigenvalue weighted by atomic mass is 10.2. The zero-order valence-corrected chi connectivity index (χ0v) is 15.3. The largest absolute Gasteiger partial charge is 0.493 e. The topological polar surface area (TPSA) is 103 Å². The fourth-order valence-electron chi connectivity index (χ4n) is 2.79. The second kappa shape index (κ2) is 10.4. The van der Waals surface area contributed by atoms with Crippen LogP contribution in [0.5, 0.6) is 11.5 Å². The van der Waals surface area contributed by atoms with Gasteiger partial charge in [-0.1, -0.05) is 12.8 Å². The lowest BCUT2D eigenvalue weighted by Crippen LogP contribution is -2.37. The van der Waals surface area contributed by atoms with E-state index in [1.807, 2.05) is 0 Å². The van der Waals surface area contributed by atoms with Crippen molar-refractivity contribution < 1.29 is 37.4 Å². The van der Waals surface area contributed by atoms with Gasteiger partial charge in [0.25, 0.3) is 11.8 Å². The number of rotatable bonds is 9. The normalized spacial score (nSPS) is 13.9. The summed E-state index contributed by atoms with van der Waals surface area (Å²) in [7, 11) is 1.24. The molecule has 0 atom stereocenters. The van der Waals surface area contributed by atoms with Gasteiger partial charge in [-0.15, -0.1) is 0 Å². The number of benzene rings is 1. The van der Waals surface area contributed by atoms with Crippen molar-refractivity contribution in [3.8, 4) is 11.5 Å². The number of methoxy groups -OCH3 is 1. The Labute approximate surface area is 160 Å². The summed E-state index contributed by atoms with van der Waals surface area (Å²) < 4.78 is 38.6. The first-order valence-electron chi connectivity index (χ1n) is 8.75. The van der Waals surface area contributed by atoms with Gasteiger partial charge in [0.05, 0.1) is 7.11 Å². The van der Waals surface area contributed by atoms with Gasteiger partial charge in [-0.05, 0) is 31.0 Å². The molecule has 2 rings (SSSR count). The van der Waals surface area contributed by atoms with Crippen LogP contribution < -0.4 is 20.1 Å². The number of ether oxygens (including phenoxy) is 3. The molecule has 0 aromatic heterocycles. The van der Waals surface area contributed by atoms with Crippen LogP contribution in [0.2, 0.25) is 0 Å². The van der Waals surface area contributed by atoms with Crippen molar-refractivity contribution in [1.29, 1.82) is 0 Å². The summed E-state index contributed by atoms with van der Waals surface area (Å²) in [6.07, 6.45) is 3.97. The fourth-order valence-corrected chi connectivity index (χ4v) is 2.79. The predicted molar refractivity (Wildman–Crippen MR) is 93.3 cm³/mol. The average molecular weight is 400 g/mol. The van der Waals surface area contributed by atoms with E-state index in [1.54, 1.807) is 0 Å². The third-order valence-electron chi connectivity index (χ3n) is 4.12. The summed E-state index contributed by atoms with van der Waals surface area (Å²) in [6.45, 7) is -3.90. The minimum Gasteiger partial charge on any atom is -0.493 e. The molecule has 0 saturated heterocycles. The number of esters is 1. The molecular weight excluding hydrogens is 378 g/mol. The van der Waals surface area contributed by atoms with Gasteiger partial charge in [0, 0.05) is 11.6 Å². The zero-order chi connectivity index (χ0) is 20.5. The molecule has 1 aromatic carbocycles. The van der Waals surface area contributed by atoms with E-state index in [9.17, 15) is 23.2 Å². The van der Waals surface area contributed by atoms with Gasteiger partial charge in [0.15, 0.2) is 18.1 Å². The first-order chi connectivity index (χ1) is 13.4. The maximum atomic E-state index is 12.3. The molecule has 28 heavy (non-hydrogen) atoms. The van der Waals surface area contributed by atoms with Gasteiger partial charge in [0.1, 0.15) is 6.54 Å². The monoisotopic (exact) mass is 400 g/mol. The number of halogens is 2. The fraction of sp³-hybridized carbons (Fsp3) is 0.500. The van der Waals surface area contributed by atoms with Crippen LogP contribution in [-0.4, -0.2) is 50.7 Å². The molecule has 0 unspecified atom stereocenters. The molecule has 154 valence electrons. The highest BCUT2D eigenvalue weighted by atomic mass is 19.3. The number of amides is 2. The number of hydrogen-bond acceptors (Lipinski definition) is 6. The maximum absolute atomic E-state index is 12.3. The summed E-state index contributed by atoms with van der Waals surface area (Å²) in [5.74, 6) is -2.08. The van der Waals surface area contributed by atoms with Crippen LogP contribution in [0.1, 0.15) is 36.0 Å².